The second kappa shape index (κ2) is 4.30. The molecule has 0 bridgehead atoms. The van der Waals surface area contributed by atoms with Crippen LogP contribution in [0.4, 0.5) is 4.79 Å². The van der Waals surface area contributed by atoms with E-state index in [1.165, 1.54) is 5.01 Å². The predicted octanol–water partition coefficient (Wildman–Crippen LogP) is 1.38. The van der Waals surface area contributed by atoms with Gasteiger partial charge in [-0.3, -0.25) is 0 Å². The number of carbonyl (C=O) groups is 1. The zero-order valence-electron chi connectivity index (χ0n) is 8.47. The van der Waals surface area contributed by atoms with Crippen LogP contribution in [0.2, 0.25) is 0 Å². The van der Waals surface area contributed by atoms with Crippen LogP contribution in [0, 0.1) is 0 Å². The number of rotatable bonds is 2. The first kappa shape index (κ1) is 11.2. The van der Waals surface area contributed by atoms with Gasteiger partial charge in [0.2, 0.25) is 0 Å². The fraction of sp³-hybridized carbons (Fsp3) is 0.875. The minimum Gasteiger partial charge on any atom is -0.443 e. The van der Waals surface area contributed by atoms with Crippen LogP contribution in [0.25, 0.3) is 0 Å². The zero-order valence-corrected chi connectivity index (χ0v) is 8.47. The minimum absolute atomic E-state index is 0.357. The molecule has 72 valence electrons. The van der Waals surface area contributed by atoms with E-state index in [1.807, 2.05) is 27.7 Å². The lowest BCUT2D eigenvalue weighted by Crippen LogP contribution is -2.42. The third-order valence-electron chi connectivity index (χ3n) is 1.06. The molecular weight excluding hydrogens is 156 g/mol. The van der Waals surface area contributed by atoms with E-state index >= 15 is 0 Å². The van der Waals surface area contributed by atoms with Gasteiger partial charge in [-0.1, -0.05) is 6.92 Å². The summed E-state index contributed by atoms with van der Waals surface area (Å²) in [4.78, 5) is 11.2. The molecule has 0 saturated carbocycles. The van der Waals surface area contributed by atoms with Gasteiger partial charge >= 0.3 is 6.09 Å². The number of nitrogens with zero attached hydrogens (tertiary/aromatic N) is 1. The van der Waals surface area contributed by atoms with Gasteiger partial charge in [-0.15, -0.1) is 0 Å². The number of hydrazine groups is 1. The number of hydrogen-bond acceptors (Lipinski definition) is 3. The van der Waals surface area contributed by atoms with Gasteiger partial charge in [0, 0.05) is 13.6 Å². The van der Waals surface area contributed by atoms with Gasteiger partial charge in [-0.05, 0) is 20.8 Å². The summed E-state index contributed by atoms with van der Waals surface area (Å²) in [5, 5.41) is 1.34. The molecule has 0 aliphatic carbocycles. The Labute approximate surface area is 73.8 Å². The van der Waals surface area contributed by atoms with Crippen molar-refractivity contribution in [3.05, 3.63) is 0 Å². The van der Waals surface area contributed by atoms with E-state index in [0.29, 0.717) is 6.54 Å². The van der Waals surface area contributed by atoms with E-state index in [-0.39, 0.29) is 6.09 Å². The number of carbonyl (C=O) groups excluding carboxylic acids is 1. The molecule has 12 heavy (non-hydrogen) atoms. The number of amides is 1. The highest BCUT2D eigenvalue weighted by Gasteiger charge is 2.18. The maximum Gasteiger partial charge on any atom is 0.424 e. The molecule has 0 rings (SSSR count). The van der Waals surface area contributed by atoms with E-state index in [9.17, 15) is 4.79 Å². The van der Waals surface area contributed by atoms with E-state index in [0.717, 1.165) is 0 Å². The zero-order chi connectivity index (χ0) is 9.78. The van der Waals surface area contributed by atoms with Crippen molar-refractivity contribution in [2.24, 2.45) is 0 Å². The Kier molecular flexibility index (Phi) is 4.03. The van der Waals surface area contributed by atoms with Crippen molar-refractivity contribution in [2.45, 2.75) is 33.3 Å². The topological polar surface area (TPSA) is 41.6 Å². The fourth-order valence-electron chi connectivity index (χ4n) is 0.632. The first-order valence-corrected chi connectivity index (χ1v) is 4.07. The highest BCUT2D eigenvalue weighted by Crippen LogP contribution is 2.07. The summed E-state index contributed by atoms with van der Waals surface area (Å²) in [5.41, 5.74) is 2.40. The van der Waals surface area contributed by atoms with Crippen LogP contribution in [-0.2, 0) is 4.74 Å². The van der Waals surface area contributed by atoms with Crippen LogP contribution >= 0.6 is 0 Å². The average Bonchev–Trinajstić information content (AvgIpc) is 1.84. The van der Waals surface area contributed by atoms with Gasteiger partial charge < -0.3 is 4.74 Å². The molecule has 4 nitrogen and oxygen atoms in total. The molecular formula is C8H18N2O2. The van der Waals surface area contributed by atoms with Crippen LogP contribution < -0.4 is 5.43 Å². The van der Waals surface area contributed by atoms with Crippen molar-refractivity contribution in [3.63, 3.8) is 0 Å². The standard InChI is InChI=1S/C8H18N2O2/c1-6-9-10(5)7(11)12-8(2,3)4/h9H,6H2,1-5H3. The Morgan fingerprint density at radius 3 is 2.33 bits per heavy atom. The van der Waals surface area contributed by atoms with E-state index in [2.05, 4.69) is 5.43 Å². The van der Waals surface area contributed by atoms with Crippen molar-refractivity contribution in [1.82, 2.24) is 10.4 Å². The average molecular weight is 174 g/mol. The Balaban J connectivity index is 3.87. The second-order valence-electron chi connectivity index (χ2n) is 3.55. The third kappa shape index (κ3) is 4.96. The van der Waals surface area contributed by atoms with Crippen molar-refractivity contribution in [1.29, 1.82) is 0 Å². The molecule has 0 atom stereocenters. The van der Waals surface area contributed by atoms with Crippen LogP contribution in [0.5, 0.6) is 0 Å². The van der Waals surface area contributed by atoms with Gasteiger partial charge in [0.15, 0.2) is 0 Å². The van der Waals surface area contributed by atoms with Crippen molar-refractivity contribution < 1.29 is 9.53 Å². The Hall–Kier alpha value is -0.770. The first-order chi connectivity index (χ1) is 5.37. The van der Waals surface area contributed by atoms with Gasteiger partial charge in [-0.25, -0.2) is 15.2 Å². The highest BCUT2D eigenvalue weighted by atomic mass is 16.6. The summed E-state index contributed by atoms with van der Waals surface area (Å²) in [6, 6.07) is 0. The molecule has 4 heteroatoms. The molecule has 0 unspecified atom stereocenters. The summed E-state index contributed by atoms with van der Waals surface area (Å²) in [6.45, 7) is 8.14. The molecule has 1 amide bonds. The Morgan fingerprint density at radius 1 is 1.50 bits per heavy atom. The smallest absolute Gasteiger partial charge is 0.424 e. The normalized spacial score (nSPS) is 11.1. The molecule has 0 fully saturated rings. The summed E-state index contributed by atoms with van der Waals surface area (Å²) in [5.74, 6) is 0. The van der Waals surface area contributed by atoms with Crippen LogP contribution in [0.1, 0.15) is 27.7 Å². The quantitative estimate of drug-likeness (QED) is 0.643. The molecule has 0 aromatic rings. The lowest BCUT2D eigenvalue weighted by molar-refractivity contribution is 0.0207. The van der Waals surface area contributed by atoms with Gasteiger partial charge in [0.05, 0.1) is 0 Å². The maximum atomic E-state index is 11.2. The summed E-state index contributed by atoms with van der Waals surface area (Å²) >= 11 is 0. The lowest BCUT2D eigenvalue weighted by Gasteiger charge is -2.24. The summed E-state index contributed by atoms with van der Waals surface area (Å²) in [6.07, 6.45) is -0.357. The van der Waals surface area contributed by atoms with Crippen molar-refractivity contribution in [2.75, 3.05) is 13.6 Å². The third-order valence-corrected chi connectivity index (χ3v) is 1.06. The monoisotopic (exact) mass is 174 g/mol. The second-order valence-corrected chi connectivity index (χ2v) is 3.55. The molecule has 0 aliphatic rings. The minimum atomic E-state index is -0.430. The molecule has 1 N–H and O–H groups in total. The van der Waals surface area contributed by atoms with Crippen LogP contribution in [0.3, 0.4) is 0 Å². The molecule has 0 aliphatic heterocycles. The predicted molar refractivity (Wildman–Crippen MR) is 47.7 cm³/mol. The lowest BCUT2D eigenvalue weighted by atomic mass is 10.2. The molecule has 0 heterocycles. The Bertz CT molecular complexity index is 152. The largest absolute Gasteiger partial charge is 0.443 e. The summed E-state index contributed by atoms with van der Waals surface area (Å²) < 4.78 is 5.08. The van der Waals surface area contributed by atoms with Crippen molar-refractivity contribution in [3.8, 4) is 0 Å². The van der Waals surface area contributed by atoms with E-state index < -0.39 is 5.60 Å². The van der Waals surface area contributed by atoms with Gasteiger partial charge in [0.25, 0.3) is 0 Å². The van der Waals surface area contributed by atoms with E-state index in [4.69, 9.17) is 4.74 Å². The van der Waals surface area contributed by atoms with Gasteiger partial charge in [-0.2, -0.15) is 0 Å². The molecule has 0 aromatic heterocycles. The Morgan fingerprint density at radius 2 is 2.00 bits per heavy atom. The molecule has 0 spiro atoms. The molecule has 0 saturated heterocycles. The van der Waals surface area contributed by atoms with Crippen LogP contribution in [0.15, 0.2) is 0 Å². The van der Waals surface area contributed by atoms with E-state index in [1.54, 1.807) is 7.05 Å². The van der Waals surface area contributed by atoms with Crippen molar-refractivity contribution >= 4 is 6.09 Å². The maximum absolute atomic E-state index is 11.2. The number of ether oxygens (including phenoxy) is 1. The fourth-order valence-corrected chi connectivity index (χ4v) is 0.632. The number of hydrogen-bond donors (Lipinski definition) is 1. The molecule has 0 aromatic carbocycles. The highest BCUT2D eigenvalue weighted by molar-refractivity contribution is 5.67. The SMILES string of the molecule is CCNN(C)C(=O)OC(C)(C)C. The van der Waals surface area contributed by atoms with Gasteiger partial charge in [0.1, 0.15) is 5.60 Å². The van der Waals surface area contributed by atoms with Crippen LogP contribution in [-0.4, -0.2) is 30.3 Å². The number of nitrogens with one attached hydrogen (secondary N) is 1. The first-order valence-electron chi connectivity index (χ1n) is 4.07. The summed E-state index contributed by atoms with van der Waals surface area (Å²) in [7, 11) is 1.64. The molecule has 0 radical (unpaired) electrons.